The van der Waals surface area contributed by atoms with Crippen LogP contribution in [0.25, 0.3) is 0 Å². The summed E-state index contributed by atoms with van der Waals surface area (Å²) in [7, 11) is 0. The summed E-state index contributed by atoms with van der Waals surface area (Å²) in [6.07, 6.45) is 0. The number of carbonyl (C=O) groups excluding carboxylic acids is 2. The molecular formula is C15H25ClN4O2. The lowest BCUT2D eigenvalue weighted by Crippen LogP contribution is -2.34. The summed E-state index contributed by atoms with van der Waals surface area (Å²) >= 11 is 0. The number of nitrogens with one attached hydrogen (secondary N) is 3. The fourth-order valence-electron chi connectivity index (χ4n) is 1.61. The van der Waals surface area contributed by atoms with Gasteiger partial charge in [-0.15, -0.1) is 12.4 Å². The molecule has 1 rings (SSSR count). The molecule has 0 spiro atoms. The molecule has 0 aliphatic heterocycles. The van der Waals surface area contributed by atoms with Crippen molar-refractivity contribution in [1.82, 2.24) is 10.6 Å². The summed E-state index contributed by atoms with van der Waals surface area (Å²) in [5.41, 5.74) is 7.10. The molecule has 0 radical (unpaired) electrons. The molecular weight excluding hydrogens is 304 g/mol. The van der Waals surface area contributed by atoms with Crippen molar-refractivity contribution >= 4 is 30.0 Å². The lowest BCUT2D eigenvalue weighted by atomic mass is 10.1. The average Bonchev–Trinajstić information content (AvgIpc) is 2.44. The zero-order chi connectivity index (χ0) is 15.8. The monoisotopic (exact) mass is 328 g/mol. The van der Waals surface area contributed by atoms with Crippen LogP contribution >= 0.6 is 12.4 Å². The molecule has 6 nitrogen and oxygen atoms in total. The van der Waals surface area contributed by atoms with Crippen molar-refractivity contribution in [3.8, 4) is 0 Å². The predicted octanol–water partition coefficient (Wildman–Crippen LogP) is 1.85. The third kappa shape index (κ3) is 7.28. The minimum absolute atomic E-state index is 0. The Hall–Kier alpha value is -1.79. The first kappa shape index (κ1) is 20.2. The maximum absolute atomic E-state index is 11.6. The number of rotatable bonds is 6. The molecule has 1 aromatic rings. The first-order valence-electron chi connectivity index (χ1n) is 7.06. The van der Waals surface area contributed by atoms with Crippen molar-refractivity contribution in [2.75, 3.05) is 11.9 Å². The van der Waals surface area contributed by atoms with Crippen LogP contribution in [0.1, 0.15) is 26.3 Å². The van der Waals surface area contributed by atoms with Gasteiger partial charge in [0.1, 0.15) is 0 Å². The van der Waals surface area contributed by atoms with Crippen molar-refractivity contribution in [1.29, 1.82) is 0 Å². The number of hydrogen-bond donors (Lipinski definition) is 4. The number of anilines is 1. The molecule has 22 heavy (non-hydrogen) atoms. The van der Waals surface area contributed by atoms with E-state index in [9.17, 15) is 9.59 Å². The van der Waals surface area contributed by atoms with Gasteiger partial charge in [0.2, 0.25) is 5.91 Å². The molecule has 1 atom stereocenters. The molecule has 124 valence electrons. The maximum atomic E-state index is 11.6. The Morgan fingerprint density at radius 3 is 2.23 bits per heavy atom. The van der Waals surface area contributed by atoms with Gasteiger partial charge in [0.15, 0.2) is 0 Å². The Kier molecular flexibility index (Phi) is 9.21. The van der Waals surface area contributed by atoms with Crippen LogP contribution in [0.3, 0.4) is 0 Å². The quantitative estimate of drug-likeness (QED) is 0.641. The first-order chi connectivity index (χ1) is 9.92. The zero-order valence-corrected chi connectivity index (χ0v) is 14.0. The number of hydrogen-bond acceptors (Lipinski definition) is 3. The summed E-state index contributed by atoms with van der Waals surface area (Å²) in [6.45, 7) is 6.36. The second-order valence-electron chi connectivity index (χ2n) is 5.30. The van der Waals surface area contributed by atoms with Crippen molar-refractivity contribution < 1.29 is 9.59 Å². The van der Waals surface area contributed by atoms with E-state index in [1.54, 1.807) is 19.1 Å². The summed E-state index contributed by atoms with van der Waals surface area (Å²) < 4.78 is 0. The van der Waals surface area contributed by atoms with Gasteiger partial charge >= 0.3 is 6.03 Å². The van der Waals surface area contributed by atoms with E-state index in [0.717, 1.165) is 5.56 Å². The molecule has 0 aromatic heterocycles. The van der Waals surface area contributed by atoms with Crippen LogP contribution in [0, 0.1) is 5.92 Å². The molecule has 0 saturated heterocycles. The van der Waals surface area contributed by atoms with Crippen LogP contribution in [-0.2, 0) is 11.3 Å². The lowest BCUT2D eigenvalue weighted by Gasteiger charge is -2.12. The molecule has 0 aliphatic rings. The van der Waals surface area contributed by atoms with Crippen molar-refractivity contribution in [2.24, 2.45) is 11.7 Å². The molecule has 0 saturated carbocycles. The highest BCUT2D eigenvalue weighted by molar-refractivity contribution is 5.89. The number of carbonyl (C=O) groups is 2. The Balaban J connectivity index is 0.00000441. The topological polar surface area (TPSA) is 96.2 Å². The molecule has 0 bridgehead atoms. The van der Waals surface area contributed by atoms with E-state index in [2.05, 4.69) is 16.0 Å². The van der Waals surface area contributed by atoms with Crippen molar-refractivity contribution in [3.05, 3.63) is 29.8 Å². The number of benzene rings is 1. The van der Waals surface area contributed by atoms with Gasteiger partial charge in [-0.05, 0) is 31.5 Å². The van der Waals surface area contributed by atoms with Crippen LogP contribution in [0.15, 0.2) is 24.3 Å². The number of halogens is 1. The Morgan fingerprint density at radius 2 is 1.73 bits per heavy atom. The van der Waals surface area contributed by atoms with Crippen molar-refractivity contribution in [3.63, 3.8) is 0 Å². The normalized spacial score (nSPS) is 11.3. The van der Waals surface area contributed by atoms with Gasteiger partial charge in [-0.3, -0.25) is 4.79 Å². The predicted molar refractivity (Wildman–Crippen MR) is 91.0 cm³/mol. The summed E-state index contributed by atoms with van der Waals surface area (Å²) in [4.78, 5) is 23.1. The van der Waals surface area contributed by atoms with Crippen LogP contribution in [0.4, 0.5) is 10.5 Å². The number of amides is 3. The molecule has 0 aliphatic carbocycles. The molecule has 0 heterocycles. The maximum Gasteiger partial charge on any atom is 0.319 e. The van der Waals surface area contributed by atoms with Gasteiger partial charge in [0.05, 0.1) is 0 Å². The van der Waals surface area contributed by atoms with Gasteiger partial charge in [-0.25, -0.2) is 4.79 Å². The molecule has 7 heteroatoms. The van der Waals surface area contributed by atoms with Crippen molar-refractivity contribution in [2.45, 2.75) is 33.4 Å². The first-order valence-corrected chi connectivity index (χ1v) is 7.06. The number of urea groups is 1. The van der Waals surface area contributed by atoms with E-state index in [-0.39, 0.29) is 36.3 Å². The van der Waals surface area contributed by atoms with E-state index in [1.165, 1.54) is 0 Å². The van der Waals surface area contributed by atoms with E-state index in [4.69, 9.17) is 5.73 Å². The molecule has 5 N–H and O–H groups in total. The molecule has 1 aromatic carbocycles. The third-order valence-corrected chi connectivity index (χ3v) is 2.90. The van der Waals surface area contributed by atoms with Crippen LogP contribution < -0.4 is 21.7 Å². The smallest absolute Gasteiger partial charge is 0.319 e. The Morgan fingerprint density at radius 1 is 1.14 bits per heavy atom. The molecule has 0 fully saturated rings. The SMILES string of the molecule is CC(C)NC(=O)Nc1ccc(CNC(=O)C(C)CN)cc1.Cl. The lowest BCUT2D eigenvalue weighted by molar-refractivity contribution is -0.124. The van der Waals surface area contributed by atoms with Crippen LogP contribution in [0.2, 0.25) is 0 Å². The Labute approximate surface area is 137 Å². The van der Waals surface area contributed by atoms with Gasteiger partial charge in [0, 0.05) is 30.7 Å². The van der Waals surface area contributed by atoms with Gasteiger partial charge < -0.3 is 21.7 Å². The highest BCUT2D eigenvalue weighted by Crippen LogP contribution is 2.09. The minimum Gasteiger partial charge on any atom is -0.352 e. The molecule has 1 unspecified atom stereocenters. The van der Waals surface area contributed by atoms with E-state index in [1.807, 2.05) is 26.0 Å². The molecule has 3 amide bonds. The second kappa shape index (κ2) is 10.0. The third-order valence-electron chi connectivity index (χ3n) is 2.90. The average molecular weight is 329 g/mol. The fourth-order valence-corrected chi connectivity index (χ4v) is 1.61. The number of nitrogens with two attached hydrogens (primary N) is 1. The summed E-state index contributed by atoms with van der Waals surface area (Å²) in [5.74, 6) is -0.248. The van der Waals surface area contributed by atoms with E-state index < -0.39 is 0 Å². The second-order valence-corrected chi connectivity index (χ2v) is 5.30. The largest absolute Gasteiger partial charge is 0.352 e. The fraction of sp³-hybridized carbons (Fsp3) is 0.467. The highest BCUT2D eigenvalue weighted by atomic mass is 35.5. The van der Waals surface area contributed by atoms with Gasteiger partial charge in [-0.1, -0.05) is 19.1 Å². The van der Waals surface area contributed by atoms with E-state index in [0.29, 0.717) is 18.8 Å². The van der Waals surface area contributed by atoms with E-state index >= 15 is 0 Å². The van der Waals surface area contributed by atoms with Gasteiger partial charge in [0.25, 0.3) is 0 Å². The van der Waals surface area contributed by atoms with Crippen LogP contribution in [-0.4, -0.2) is 24.5 Å². The van der Waals surface area contributed by atoms with Gasteiger partial charge in [-0.2, -0.15) is 0 Å². The Bertz CT molecular complexity index is 477. The zero-order valence-electron chi connectivity index (χ0n) is 13.2. The standard InChI is InChI=1S/C15H24N4O2.ClH/c1-10(2)18-15(21)19-13-6-4-12(5-7-13)9-17-14(20)11(3)8-16;/h4-7,10-11H,8-9,16H2,1-3H3,(H,17,20)(H2,18,19,21);1H. The minimum atomic E-state index is -0.233. The summed E-state index contributed by atoms with van der Waals surface area (Å²) in [5, 5.41) is 8.30. The van der Waals surface area contributed by atoms with Crippen LogP contribution in [0.5, 0.6) is 0 Å². The highest BCUT2D eigenvalue weighted by Gasteiger charge is 2.09. The summed E-state index contributed by atoms with van der Waals surface area (Å²) in [6, 6.07) is 7.17.